The van der Waals surface area contributed by atoms with Crippen molar-refractivity contribution in [3.63, 3.8) is 0 Å². The maximum absolute atomic E-state index is 13.0. The number of rotatable bonds is 1. The Morgan fingerprint density at radius 1 is 1.09 bits per heavy atom. The van der Waals surface area contributed by atoms with Gasteiger partial charge in [0.25, 0.3) is 5.56 Å². The van der Waals surface area contributed by atoms with Gasteiger partial charge < -0.3 is 8.98 Å². The van der Waals surface area contributed by atoms with E-state index in [-0.39, 0.29) is 16.9 Å². The molecule has 4 aromatic rings. The topological polar surface area (TPSA) is 48.0 Å². The van der Waals surface area contributed by atoms with E-state index in [1.165, 1.54) is 12.1 Å². The van der Waals surface area contributed by atoms with E-state index in [9.17, 15) is 9.18 Å². The van der Waals surface area contributed by atoms with Crippen LogP contribution in [0.5, 0.6) is 0 Å². The van der Waals surface area contributed by atoms with Crippen LogP contribution in [0.15, 0.2) is 57.7 Å². The number of halogens is 1. The summed E-state index contributed by atoms with van der Waals surface area (Å²) in [6, 6.07) is 13.3. The van der Waals surface area contributed by atoms with Crippen molar-refractivity contribution in [2.45, 2.75) is 0 Å². The SMILES string of the molecule is Cn1c(=O)c2nc(-c3ccc(F)cc3)oc2c2ccccc21. The number of para-hydroxylation sites is 1. The fraction of sp³-hybridized carbons (Fsp3) is 0.0588. The minimum absolute atomic E-state index is 0.217. The number of aromatic nitrogens is 2. The maximum atomic E-state index is 13.0. The molecule has 0 N–H and O–H groups in total. The molecule has 0 saturated carbocycles. The highest BCUT2D eigenvalue weighted by molar-refractivity contribution is 6.01. The highest BCUT2D eigenvalue weighted by Gasteiger charge is 2.16. The minimum atomic E-state index is -0.332. The summed E-state index contributed by atoms with van der Waals surface area (Å²) in [4.78, 5) is 16.7. The molecule has 0 saturated heterocycles. The second-order valence-electron chi connectivity index (χ2n) is 5.08. The van der Waals surface area contributed by atoms with Crippen molar-refractivity contribution in [1.29, 1.82) is 0 Å². The van der Waals surface area contributed by atoms with Gasteiger partial charge in [-0.1, -0.05) is 12.1 Å². The lowest BCUT2D eigenvalue weighted by molar-refractivity contribution is 0.618. The molecule has 0 aliphatic heterocycles. The standard InChI is InChI=1S/C17H11FN2O2/c1-20-13-5-3-2-4-12(13)15-14(17(20)21)19-16(22-15)10-6-8-11(18)9-7-10/h2-9H,1H3. The third kappa shape index (κ3) is 1.75. The number of aryl methyl sites for hydroxylation is 1. The summed E-state index contributed by atoms with van der Waals surface area (Å²) >= 11 is 0. The molecule has 2 heterocycles. The van der Waals surface area contributed by atoms with Crippen LogP contribution in [0.3, 0.4) is 0 Å². The average molecular weight is 294 g/mol. The third-order valence-electron chi connectivity index (χ3n) is 3.74. The van der Waals surface area contributed by atoms with Crippen LogP contribution in [0.25, 0.3) is 33.5 Å². The molecule has 22 heavy (non-hydrogen) atoms. The number of oxazole rings is 1. The molecule has 0 amide bonds. The number of benzene rings is 2. The summed E-state index contributed by atoms with van der Waals surface area (Å²) in [5.41, 5.74) is 1.93. The summed E-state index contributed by atoms with van der Waals surface area (Å²) in [5.74, 6) is -0.0234. The maximum Gasteiger partial charge on any atom is 0.280 e. The molecule has 0 atom stereocenters. The average Bonchev–Trinajstić information content (AvgIpc) is 2.99. The van der Waals surface area contributed by atoms with E-state index in [0.717, 1.165) is 10.9 Å². The van der Waals surface area contributed by atoms with Gasteiger partial charge in [0.1, 0.15) is 5.82 Å². The first-order chi connectivity index (χ1) is 10.6. The predicted molar refractivity (Wildman–Crippen MR) is 82.2 cm³/mol. The first-order valence-electron chi connectivity index (χ1n) is 6.79. The van der Waals surface area contributed by atoms with Crippen molar-refractivity contribution in [2.75, 3.05) is 0 Å². The molecule has 2 aromatic carbocycles. The minimum Gasteiger partial charge on any atom is -0.435 e. The molecule has 0 spiro atoms. The molecular formula is C17H11FN2O2. The van der Waals surface area contributed by atoms with Crippen LogP contribution in [0.1, 0.15) is 0 Å². The Morgan fingerprint density at radius 2 is 1.82 bits per heavy atom. The number of hydrogen-bond acceptors (Lipinski definition) is 3. The van der Waals surface area contributed by atoms with Crippen LogP contribution in [0.4, 0.5) is 4.39 Å². The van der Waals surface area contributed by atoms with Crippen LogP contribution >= 0.6 is 0 Å². The van der Waals surface area contributed by atoms with Gasteiger partial charge in [0.05, 0.1) is 5.52 Å². The Morgan fingerprint density at radius 3 is 2.59 bits per heavy atom. The van der Waals surface area contributed by atoms with Crippen molar-refractivity contribution < 1.29 is 8.81 Å². The van der Waals surface area contributed by atoms with Crippen LogP contribution in [0, 0.1) is 5.82 Å². The van der Waals surface area contributed by atoms with E-state index >= 15 is 0 Å². The molecule has 4 rings (SSSR count). The van der Waals surface area contributed by atoms with E-state index in [1.54, 1.807) is 23.7 Å². The Bertz CT molecular complexity index is 1060. The molecule has 0 unspecified atom stereocenters. The normalized spacial score (nSPS) is 11.4. The lowest BCUT2D eigenvalue weighted by atomic mass is 10.2. The van der Waals surface area contributed by atoms with Crippen LogP contribution in [-0.4, -0.2) is 9.55 Å². The largest absolute Gasteiger partial charge is 0.435 e. The van der Waals surface area contributed by atoms with Crippen molar-refractivity contribution in [3.05, 3.63) is 64.7 Å². The first-order valence-corrected chi connectivity index (χ1v) is 6.79. The van der Waals surface area contributed by atoms with Crippen LogP contribution < -0.4 is 5.56 Å². The Kier molecular flexibility index (Phi) is 2.63. The van der Waals surface area contributed by atoms with Crippen molar-refractivity contribution in [2.24, 2.45) is 7.05 Å². The van der Waals surface area contributed by atoms with Crippen molar-refractivity contribution in [3.8, 4) is 11.5 Å². The van der Waals surface area contributed by atoms with E-state index in [1.807, 2.05) is 24.3 Å². The Hall–Kier alpha value is -2.95. The number of fused-ring (bicyclic) bond motifs is 3. The number of nitrogens with zero attached hydrogens (tertiary/aromatic N) is 2. The van der Waals surface area contributed by atoms with Gasteiger partial charge in [-0.3, -0.25) is 4.79 Å². The smallest absolute Gasteiger partial charge is 0.280 e. The van der Waals surface area contributed by atoms with Gasteiger partial charge in [0.2, 0.25) is 5.89 Å². The van der Waals surface area contributed by atoms with E-state index in [4.69, 9.17) is 4.42 Å². The lowest BCUT2D eigenvalue weighted by Crippen LogP contribution is -2.17. The van der Waals surface area contributed by atoms with Crippen molar-refractivity contribution in [1.82, 2.24) is 9.55 Å². The van der Waals surface area contributed by atoms with E-state index in [0.29, 0.717) is 17.0 Å². The molecule has 5 heteroatoms. The highest BCUT2D eigenvalue weighted by atomic mass is 19.1. The molecule has 0 aliphatic carbocycles. The highest BCUT2D eigenvalue weighted by Crippen LogP contribution is 2.27. The summed E-state index contributed by atoms with van der Waals surface area (Å²) in [6.07, 6.45) is 0. The summed E-state index contributed by atoms with van der Waals surface area (Å²) in [6.45, 7) is 0. The molecule has 4 nitrogen and oxygen atoms in total. The summed E-state index contributed by atoms with van der Waals surface area (Å²) in [5, 5.41) is 0.820. The monoisotopic (exact) mass is 294 g/mol. The molecule has 108 valence electrons. The van der Waals surface area contributed by atoms with Gasteiger partial charge >= 0.3 is 0 Å². The van der Waals surface area contributed by atoms with Gasteiger partial charge in [0.15, 0.2) is 11.1 Å². The molecule has 0 bridgehead atoms. The fourth-order valence-electron chi connectivity index (χ4n) is 2.59. The third-order valence-corrected chi connectivity index (χ3v) is 3.74. The van der Waals surface area contributed by atoms with E-state index in [2.05, 4.69) is 4.98 Å². The van der Waals surface area contributed by atoms with Crippen LogP contribution in [0.2, 0.25) is 0 Å². The van der Waals surface area contributed by atoms with Gasteiger partial charge in [-0.05, 0) is 36.4 Å². The van der Waals surface area contributed by atoms with Gasteiger partial charge in [-0.15, -0.1) is 0 Å². The fourth-order valence-corrected chi connectivity index (χ4v) is 2.59. The molecule has 2 aromatic heterocycles. The first kappa shape index (κ1) is 12.8. The molecule has 0 radical (unpaired) electrons. The second kappa shape index (κ2) is 4.53. The number of hydrogen-bond donors (Lipinski definition) is 0. The Labute approximate surface area is 124 Å². The summed E-state index contributed by atoms with van der Waals surface area (Å²) < 4.78 is 20.4. The van der Waals surface area contributed by atoms with Gasteiger partial charge in [-0.2, -0.15) is 0 Å². The zero-order valence-electron chi connectivity index (χ0n) is 11.7. The second-order valence-corrected chi connectivity index (χ2v) is 5.08. The lowest BCUT2D eigenvalue weighted by Gasteiger charge is -2.03. The van der Waals surface area contributed by atoms with Gasteiger partial charge in [-0.25, -0.2) is 9.37 Å². The van der Waals surface area contributed by atoms with Gasteiger partial charge in [0, 0.05) is 18.0 Å². The molecule has 0 fully saturated rings. The zero-order valence-corrected chi connectivity index (χ0v) is 11.7. The van der Waals surface area contributed by atoms with E-state index < -0.39 is 0 Å². The molecule has 0 aliphatic rings. The van der Waals surface area contributed by atoms with Crippen LogP contribution in [-0.2, 0) is 7.05 Å². The summed E-state index contributed by atoms with van der Waals surface area (Å²) in [7, 11) is 1.70. The molecular weight excluding hydrogens is 283 g/mol. The predicted octanol–water partition coefficient (Wildman–Crippen LogP) is 3.49. The number of pyridine rings is 1. The zero-order chi connectivity index (χ0) is 15.3. The quantitative estimate of drug-likeness (QED) is 0.540. The van der Waals surface area contributed by atoms with Crippen molar-refractivity contribution >= 4 is 22.0 Å². The Balaban J connectivity index is 2.09.